The topological polar surface area (TPSA) is 26.3 Å². The number of allylic oxidation sites excluding steroid dienone is 1. The zero-order valence-corrected chi connectivity index (χ0v) is 19.6. The lowest BCUT2D eigenvalue weighted by Gasteiger charge is -2.58. The highest BCUT2D eigenvalue weighted by Gasteiger charge is 2.59. The van der Waals surface area contributed by atoms with Crippen LogP contribution in [0.2, 0.25) is 0 Å². The van der Waals surface area contributed by atoms with Crippen LogP contribution in [-0.4, -0.2) is 19.0 Å². The Kier molecular flexibility index (Phi) is 6.06. The highest BCUT2D eigenvalue weighted by Crippen LogP contribution is 2.67. The van der Waals surface area contributed by atoms with E-state index in [1.165, 1.54) is 63.4 Å². The van der Waals surface area contributed by atoms with Crippen molar-refractivity contribution in [3.63, 3.8) is 0 Å². The molecular weight excluding hydrogens is 356 g/mol. The molecule has 0 aliphatic heterocycles. The normalized spacial score (nSPS) is 42.8. The molecule has 3 fully saturated rings. The summed E-state index contributed by atoms with van der Waals surface area (Å²) in [5.74, 6) is 4.44. The maximum Gasteiger partial charge on any atom is 0.155 e. The molecular formula is C27H44O2. The van der Waals surface area contributed by atoms with Crippen LogP contribution in [-0.2, 0) is 9.53 Å². The molecule has 0 heterocycles. The van der Waals surface area contributed by atoms with Gasteiger partial charge in [-0.1, -0.05) is 46.1 Å². The molecule has 0 spiro atoms. The van der Waals surface area contributed by atoms with E-state index in [1.54, 1.807) is 0 Å². The zero-order chi connectivity index (χ0) is 20.8. The van der Waals surface area contributed by atoms with Gasteiger partial charge in [0.25, 0.3) is 0 Å². The monoisotopic (exact) mass is 400 g/mol. The zero-order valence-electron chi connectivity index (χ0n) is 19.6. The minimum absolute atomic E-state index is 0.300. The highest BCUT2D eigenvalue weighted by atomic mass is 16.5. The van der Waals surface area contributed by atoms with Crippen molar-refractivity contribution in [3.05, 3.63) is 11.6 Å². The maximum atomic E-state index is 12.0. The van der Waals surface area contributed by atoms with Gasteiger partial charge >= 0.3 is 0 Å². The number of ether oxygens (including phenoxy) is 1. The van der Waals surface area contributed by atoms with E-state index < -0.39 is 0 Å². The van der Waals surface area contributed by atoms with E-state index in [-0.39, 0.29) is 0 Å². The Hall–Kier alpha value is -0.630. The van der Waals surface area contributed by atoms with Crippen LogP contribution in [0.15, 0.2) is 11.6 Å². The second kappa shape index (κ2) is 8.13. The summed E-state index contributed by atoms with van der Waals surface area (Å²) in [7, 11) is 1.96. The van der Waals surface area contributed by atoms with Crippen molar-refractivity contribution in [2.24, 2.45) is 40.4 Å². The second-order valence-electron chi connectivity index (χ2n) is 11.8. The lowest BCUT2D eigenvalue weighted by atomic mass is 9.46. The minimum Gasteiger partial charge on any atom is -0.381 e. The number of hydrogen-bond donors (Lipinski definition) is 0. The predicted octanol–water partition coefficient (Wildman–Crippen LogP) is 6.98. The van der Waals surface area contributed by atoms with Gasteiger partial charge in [0.1, 0.15) is 0 Å². The van der Waals surface area contributed by atoms with Crippen molar-refractivity contribution in [1.82, 2.24) is 0 Å². The molecule has 0 amide bonds. The summed E-state index contributed by atoms with van der Waals surface area (Å²) in [4.78, 5) is 12.0. The van der Waals surface area contributed by atoms with E-state index in [0.29, 0.717) is 22.7 Å². The standard InChI is InChI=1S/C27H44O2/c1-18(2)7-6-8-25(29-5)24-12-11-22-21-10-9-19-17-20(28)13-15-26(19,3)23(21)14-16-27(22,24)4/h17-18,21-25H,6-16H2,1-5H3. The SMILES string of the molecule is COC(CCCC(C)C)C1CCC2C3CCC4=CC(=O)CCC4(C)C3CCC12C. The lowest BCUT2D eigenvalue weighted by Crippen LogP contribution is -2.51. The van der Waals surface area contributed by atoms with Crippen LogP contribution in [0.4, 0.5) is 0 Å². The van der Waals surface area contributed by atoms with Crippen molar-refractivity contribution in [2.45, 2.75) is 104 Å². The number of carbonyl (C=O) groups excluding carboxylic acids is 1. The highest BCUT2D eigenvalue weighted by molar-refractivity contribution is 5.91. The largest absolute Gasteiger partial charge is 0.381 e. The van der Waals surface area contributed by atoms with Gasteiger partial charge in [0.15, 0.2) is 5.78 Å². The van der Waals surface area contributed by atoms with Gasteiger partial charge in [-0.15, -0.1) is 0 Å². The second-order valence-corrected chi connectivity index (χ2v) is 11.8. The van der Waals surface area contributed by atoms with Crippen LogP contribution in [0.25, 0.3) is 0 Å². The van der Waals surface area contributed by atoms with Gasteiger partial charge in [0.2, 0.25) is 0 Å². The Morgan fingerprint density at radius 1 is 1.03 bits per heavy atom. The molecule has 3 saturated carbocycles. The summed E-state index contributed by atoms with van der Waals surface area (Å²) in [5.41, 5.74) is 2.26. The average molecular weight is 401 g/mol. The van der Waals surface area contributed by atoms with Crippen molar-refractivity contribution in [2.75, 3.05) is 7.11 Å². The molecule has 0 N–H and O–H groups in total. The molecule has 0 radical (unpaired) electrons. The minimum atomic E-state index is 0.300. The number of ketones is 1. The Bertz CT molecular complexity index is 649. The smallest absolute Gasteiger partial charge is 0.155 e. The van der Waals surface area contributed by atoms with Crippen molar-refractivity contribution < 1.29 is 9.53 Å². The first-order chi connectivity index (χ1) is 13.8. The van der Waals surface area contributed by atoms with Gasteiger partial charge in [-0.05, 0) is 97.9 Å². The summed E-state index contributed by atoms with van der Waals surface area (Å²) in [6, 6.07) is 0. The van der Waals surface area contributed by atoms with E-state index >= 15 is 0 Å². The van der Waals surface area contributed by atoms with Crippen molar-refractivity contribution in [3.8, 4) is 0 Å². The first kappa shape index (κ1) is 21.6. The molecule has 0 saturated heterocycles. The molecule has 4 aliphatic rings. The van der Waals surface area contributed by atoms with Crippen LogP contribution in [0.1, 0.15) is 98.3 Å². The van der Waals surface area contributed by atoms with E-state index in [0.717, 1.165) is 42.4 Å². The fourth-order valence-corrected chi connectivity index (χ4v) is 8.42. The Morgan fingerprint density at radius 2 is 1.83 bits per heavy atom. The van der Waals surface area contributed by atoms with Gasteiger partial charge in [-0.25, -0.2) is 0 Å². The molecule has 2 nitrogen and oxygen atoms in total. The van der Waals surface area contributed by atoms with E-state index in [4.69, 9.17) is 4.74 Å². The van der Waals surface area contributed by atoms with E-state index in [2.05, 4.69) is 27.7 Å². The Labute approximate surface area is 179 Å². The molecule has 0 aromatic carbocycles. The van der Waals surface area contributed by atoms with Crippen LogP contribution < -0.4 is 0 Å². The van der Waals surface area contributed by atoms with Gasteiger partial charge < -0.3 is 4.74 Å². The van der Waals surface area contributed by atoms with Gasteiger partial charge in [-0.3, -0.25) is 4.79 Å². The molecule has 0 aromatic rings. The quantitative estimate of drug-likeness (QED) is 0.481. The summed E-state index contributed by atoms with van der Waals surface area (Å²) in [6.45, 7) is 9.79. The average Bonchev–Trinajstić information content (AvgIpc) is 3.03. The molecule has 2 heteroatoms. The van der Waals surface area contributed by atoms with Gasteiger partial charge in [0.05, 0.1) is 6.10 Å². The Morgan fingerprint density at radius 3 is 2.55 bits per heavy atom. The van der Waals surface area contributed by atoms with Crippen LogP contribution in [0.5, 0.6) is 0 Å². The van der Waals surface area contributed by atoms with Crippen molar-refractivity contribution in [1.29, 1.82) is 0 Å². The third kappa shape index (κ3) is 3.66. The molecule has 29 heavy (non-hydrogen) atoms. The molecule has 7 atom stereocenters. The van der Waals surface area contributed by atoms with Crippen LogP contribution >= 0.6 is 0 Å². The molecule has 164 valence electrons. The van der Waals surface area contributed by atoms with Crippen LogP contribution in [0.3, 0.4) is 0 Å². The van der Waals surface area contributed by atoms with Crippen molar-refractivity contribution >= 4 is 5.78 Å². The van der Waals surface area contributed by atoms with Gasteiger partial charge in [0, 0.05) is 13.5 Å². The first-order valence-corrected chi connectivity index (χ1v) is 12.6. The number of carbonyl (C=O) groups is 1. The first-order valence-electron chi connectivity index (χ1n) is 12.6. The maximum absolute atomic E-state index is 12.0. The van der Waals surface area contributed by atoms with Crippen LogP contribution in [0, 0.1) is 40.4 Å². The third-order valence-electron chi connectivity index (χ3n) is 10.1. The Balaban J connectivity index is 1.51. The lowest BCUT2D eigenvalue weighted by molar-refractivity contribution is -0.118. The summed E-state index contributed by atoms with van der Waals surface area (Å²) in [5, 5.41) is 0. The molecule has 4 aliphatic carbocycles. The number of fused-ring (bicyclic) bond motifs is 5. The summed E-state index contributed by atoms with van der Waals surface area (Å²) in [6.07, 6.45) is 16.2. The van der Waals surface area contributed by atoms with Gasteiger partial charge in [-0.2, -0.15) is 0 Å². The van der Waals surface area contributed by atoms with E-state index in [9.17, 15) is 4.79 Å². The molecule has 0 aromatic heterocycles. The molecule has 0 bridgehead atoms. The third-order valence-corrected chi connectivity index (χ3v) is 10.1. The number of methoxy groups -OCH3 is 1. The number of rotatable bonds is 6. The van der Waals surface area contributed by atoms with E-state index in [1.807, 2.05) is 13.2 Å². The number of hydrogen-bond acceptors (Lipinski definition) is 2. The summed E-state index contributed by atoms with van der Waals surface area (Å²) < 4.78 is 6.14. The predicted molar refractivity (Wildman–Crippen MR) is 120 cm³/mol. The summed E-state index contributed by atoms with van der Waals surface area (Å²) >= 11 is 0. The molecule has 4 rings (SSSR count). The fourth-order valence-electron chi connectivity index (χ4n) is 8.42. The fraction of sp³-hybridized carbons (Fsp3) is 0.889. The molecule has 7 unspecified atom stereocenters.